The maximum absolute atomic E-state index is 11.7. The molecule has 0 aliphatic rings. The van der Waals surface area contributed by atoms with Crippen LogP contribution in [0.5, 0.6) is 0 Å². The summed E-state index contributed by atoms with van der Waals surface area (Å²) in [4.78, 5) is 22.0. The highest BCUT2D eigenvalue weighted by Gasteiger charge is 2.01. The number of rotatable bonds is 30. The highest BCUT2D eigenvalue weighted by atomic mass is 16.6. The van der Waals surface area contributed by atoms with E-state index in [2.05, 4.69) is 5.32 Å². The Hall–Kier alpha value is -2.10. The van der Waals surface area contributed by atoms with Crippen LogP contribution in [0, 0.1) is 0 Å². The van der Waals surface area contributed by atoms with Crippen molar-refractivity contribution in [2.24, 2.45) is 0 Å². The Morgan fingerprint density at radius 3 is 1.28 bits per heavy atom. The van der Waals surface area contributed by atoms with Crippen molar-refractivity contribution in [2.45, 2.75) is 19.4 Å². The Morgan fingerprint density at radius 1 is 0.538 bits per heavy atom. The zero-order chi connectivity index (χ0) is 28.1. The number of nitrogens with one attached hydrogen (secondary N) is 1. The molecule has 13 nitrogen and oxygen atoms in total. The molecule has 1 aromatic heterocycles. The molecular weight excluding hydrogens is 516 g/mol. The highest BCUT2D eigenvalue weighted by Crippen LogP contribution is 1.93. The SMILES string of the molecule is O=C(O)CCOCCOCCOCCOCCOCCOCCOCCOCCNC(=O)CCn1cccc1. The van der Waals surface area contributed by atoms with Crippen LogP contribution >= 0.6 is 0 Å². The van der Waals surface area contributed by atoms with Gasteiger partial charge in [0.25, 0.3) is 0 Å². The molecule has 1 heterocycles. The van der Waals surface area contributed by atoms with E-state index in [0.29, 0.717) is 119 Å². The molecule has 13 heteroatoms. The molecule has 0 unspecified atom stereocenters. The first-order chi connectivity index (χ1) is 19.2. The Morgan fingerprint density at radius 2 is 0.897 bits per heavy atom. The minimum absolute atomic E-state index is 0.00274. The van der Waals surface area contributed by atoms with Crippen molar-refractivity contribution in [3.63, 3.8) is 0 Å². The van der Waals surface area contributed by atoms with Crippen LogP contribution in [0.4, 0.5) is 0 Å². The summed E-state index contributed by atoms with van der Waals surface area (Å²) in [6.45, 7) is 8.25. The molecule has 0 radical (unpaired) electrons. The molecular formula is C26H46N2O11. The fourth-order valence-corrected chi connectivity index (χ4v) is 2.90. The Balaban J connectivity index is 1.65. The molecule has 39 heavy (non-hydrogen) atoms. The number of carbonyl (C=O) groups is 2. The van der Waals surface area contributed by atoms with Gasteiger partial charge in [-0.25, -0.2) is 0 Å². The smallest absolute Gasteiger partial charge is 0.305 e. The number of nitrogens with zero attached hydrogens (tertiary/aromatic N) is 1. The van der Waals surface area contributed by atoms with Crippen LogP contribution in [-0.4, -0.2) is 134 Å². The number of aliphatic carboxylic acids is 1. The predicted octanol–water partition coefficient (Wildman–Crippen LogP) is 0.602. The van der Waals surface area contributed by atoms with Crippen molar-refractivity contribution in [1.29, 1.82) is 0 Å². The van der Waals surface area contributed by atoms with Gasteiger partial charge in [-0.3, -0.25) is 9.59 Å². The Bertz CT molecular complexity index is 677. The van der Waals surface area contributed by atoms with Gasteiger partial charge in [0, 0.05) is 31.9 Å². The van der Waals surface area contributed by atoms with Crippen LogP contribution in [0.1, 0.15) is 12.8 Å². The second kappa shape index (κ2) is 27.5. The second-order valence-corrected chi connectivity index (χ2v) is 8.06. The van der Waals surface area contributed by atoms with Gasteiger partial charge in [0.1, 0.15) is 0 Å². The number of ether oxygens (including phenoxy) is 8. The molecule has 0 aliphatic carbocycles. The molecule has 0 atom stereocenters. The van der Waals surface area contributed by atoms with E-state index in [0.717, 1.165) is 0 Å². The largest absolute Gasteiger partial charge is 0.481 e. The van der Waals surface area contributed by atoms with Crippen molar-refractivity contribution in [3.8, 4) is 0 Å². The summed E-state index contributed by atoms with van der Waals surface area (Å²) in [5.74, 6) is -0.863. The van der Waals surface area contributed by atoms with Crippen molar-refractivity contribution < 1.29 is 52.6 Å². The van der Waals surface area contributed by atoms with Gasteiger partial charge >= 0.3 is 5.97 Å². The predicted molar refractivity (Wildman–Crippen MR) is 141 cm³/mol. The summed E-state index contributed by atoms with van der Waals surface area (Å²) >= 11 is 0. The number of carboxylic acids is 1. The van der Waals surface area contributed by atoms with Gasteiger partial charge in [0.2, 0.25) is 5.91 Å². The monoisotopic (exact) mass is 562 g/mol. The molecule has 0 aliphatic heterocycles. The molecule has 0 saturated heterocycles. The van der Waals surface area contributed by atoms with Gasteiger partial charge in [-0.15, -0.1) is 0 Å². The first kappa shape index (κ1) is 34.9. The number of hydrogen-bond acceptors (Lipinski definition) is 10. The fourth-order valence-electron chi connectivity index (χ4n) is 2.90. The lowest BCUT2D eigenvalue weighted by atomic mass is 10.4. The number of amides is 1. The van der Waals surface area contributed by atoms with Crippen LogP contribution in [0.15, 0.2) is 24.5 Å². The molecule has 0 aromatic carbocycles. The third-order valence-corrected chi connectivity index (χ3v) is 4.90. The third-order valence-electron chi connectivity index (χ3n) is 4.90. The summed E-state index contributed by atoms with van der Waals surface area (Å²) in [5.41, 5.74) is 0. The van der Waals surface area contributed by atoms with E-state index in [4.69, 9.17) is 43.0 Å². The van der Waals surface area contributed by atoms with Crippen molar-refractivity contribution >= 4 is 11.9 Å². The number of carboxylic acid groups (broad SMARTS) is 1. The number of carbonyl (C=O) groups excluding carboxylic acids is 1. The summed E-state index contributed by atoms with van der Waals surface area (Å²) in [5, 5.41) is 11.3. The molecule has 226 valence electrons. The minimum atomic E-state index is -0.875. The molecule has 2 N–H and O–H groups in total. The minimum Gasteiger partial charge on any atom is -0.481 e. The molecule has 0 bridgehead atoms. The first-order valence-electron chi connectivity index (χ1n) is 13.4. The van der Waals surface area contributed by atoms with E-state index in [9.17, 15) is 9.59 Å². The van der Waals surface area contributed by atoms with E-state index < -0.39 is 5.97 Å². The zero-order valence-electron chi connectivity index (χ0n) is 22.9. The van der Waals surface area contributed by atoms with Crippen LogP contribution in [-0.2, 0) is 54.0 Å². The Labute approximate surface area is 230 Å². The molecule has 0 fully saturated rings. The summed E-state index contributed by atoms with van der Waals surface area (Å²) in [7, 11) is 0. The van der Waals surface area contributed by atoms with Crippen molar-refractivity contribution in [1.82, 2.24) is 9.88 Å². The number of hydrogen-bond donors (Lipinski definition) is 2. The second-order valence-electron chi connectivity index (χ2n) is 8.06. The molecule has 1 amide bonds. The Kier molecular flexibility index (Phi) is 24.6. The van der Waals surface area contributed by atoms with E-state index in [1.807, 2.05) is 29.1 Å². The van der Waals surface area contributed by atoms with E-state index >= 15 is 0 Å². The fraction of sp³-hybridized carbons (Fsp3) is 0.769. The summed E-state index contributed by atoms with van der Waals surface area (Å²) in [6, 6.07) is 3.87. The van der Waals surface area contributed by atoms with Crippen LogP contribution in [0.25, 0.3) is 0 Å². The normalized spacial score (nSPS) is 11.2. The van der Waals surface area contributed by atoms with E-state index in [1.54, 1.807) is 0 Å². The quantitative estimate of drug-likeness (QED) is 0.127. The molecule has 1 rings (SSSR count). The topological polar surface area (TPSA) is 145 Å². The maximum Gasteiger partial charge on any atom is 0.305 e. The van der Waals surface area contributed by atoms with Crippen molar-refractivity contribution in [2.75, 3.05) is 112 Å². The van der Waals surface area contributed by atoms with Crippen LogP contribution in [0.3, 0.4) is 0 Å². The van der Waals surface area contributed by atoms with Gasteiger partial charge in [-0.1, -0.05) is 0 Å². The summed E-state index contributed by atoms with van der Waals surface area (Å²) in [6.07, 6.45) is 4.31. The van der Waals surface area contributed by atoms with Gasteiger partial charge in [0.05, 0.1) is 112 Å². The average molecular weight is 563 g/mol. The molecule has 0 saturated carbocycles. The lowest BCUT2D eigenvalue weighted by Gasteiger charge is -2.09. The van der Waals surface area contributed by atoms with Crippen LogP contribution in [0.2, 0.25) is 0 Å². The lowest BCUT2D eigenvalue weighted by molar-refractivity contribution is -0.138. The van der Waals surface area contributed by atoms with Gasteiger partial charge in [0.15, 0.2) is 0 Å². The number of aromatic nitrogens is 1. The highest BCUT2D eigenvalue weighted by molar-refractivity contribution is 5.75. The van der Waals surface area contributed by atoms with Gasteiger partial charge in [-0.05, 0) is 12.1 Å². The van der Waals surface area contributed by atoms with Gasteiger partial charge < -0.3 is 52.9 Å². The lowest BCUT2D eigenvalue weighted by Crippen LogP contribution is -2.28. The molecule has 0 spiro atoms. The average Bonchev–Trinajstić information content (AvgIpc) is 3.45. The standard InChI is InChI=1S/C26H46N2O11/c29-25(3-8-28-6-1-2-7-28)27-5-10-33-12-14-35-16-18-37-20-22-39-24-23-38-21-19-36-17-15-34-13-11-32-9-4-26(30)31/h1-2,6-7H,3-5,8-24H2,(H,27,29)(H,30,31). The third kappa shape index (κ3) is 25.9. The van der Waals surface area contributed by atoms with E-state index in [-0.39, 0.29) is 18.9 Å². The summed E-state index contributed by atoms with van der Waals surface area (Å²) < 4.78 is 44.9. The number of aryl methyl sites for hydroxylation is 1. The van der Waals surface area contributed by atoms with Crippen molar-refractivity contribution in [3.05, 3.63) is 24.5 Å². The first-order valence-corrected chi connectivity index (χ1v) is 13.4. The van der Waals surface area contributed by atoms with E-state index in [1.165, 1.54) is 0 Å². The van der Waals surface area contributed by atoms with Crippen LogP contribution < -0.4 is 5.32 Å². The zero-order valence-corrected chi connectivity index (χ0v) is 22.9. The maximum atomic E-state index is 11.7. The molecule has 1 aromatic rings. The van der Waals surface area contributed by atoms with Gasteiger partial charge in [-0.2, -0.15) is 0 Å².